The highest BCUT2D eigenvalue weighted by Gasteiger charge is 2.40. The molecule has 0 bridgehead atoms. The molecule has 21 heavy (non-hydrogen) atoms. The Morgan fingerprint density at radius 1 is 1.19 bits per heavy atom. The van der Waals surface area contributed by atoms with Crippen molar-refractivity contribution in [3.8, 4) is 0 Å². The van der Waals surface area contributed by atoms with Crippen molar-refractivity contribution >= 4 is 5.91 Å². The van der Waals surface area contributed by atoms with E-state index in [1.807, 2.05) is 0 Å². The number of carbonyl (C=O) groups is 1. The molecule has 1 aliphatic carbocycles. The van der Waals surface area contributed by atoms with Crippen molar-refractivity contribution in [2.75, 3.05) is 6.54 Å². The van der Waals surface area contributed by atoms with Gasteiger partial charge in [0.2, 0.25) is 0 Å². The van der Waals surface area contributed by atoms with Crippen molar-refractivity contribution in [3.63, 3.8) is 0 Å². The maximum atomic E-state index is 13.8. The Hall–Kier alpha value is -1.49. The van der Waals surface area contributed by atoms with E-state index in [0.29, 0.717) is 6.54 Å². The topological polar surface area (TPSA) is 40.5 Å². The van der Waals surface area contributed by atoms with Crippen LogP contribution in [0.1, 0.15) is 42.5 Å². The zero-order valence-corrected chi connectivity index (χ0v) is 11.8. The molecule has 5 heteroatoms. The Kier molecular flexibility index (Phi) is 3.93. The lowest BCUT2D eigenvalue weighted by atomic mass is 9.93. The number of hydrogen-bond donors (Lipinski definition) is 1. The van der Waals surface area contributed by atoms with Gasteiger partial charge in [0, 0.05) is 18.5 Å². The predicted octanol–water partition coefficient (Wildman–Crippen LogP) is 2.73. The molecular weight excluding hydrogens is 276 g/mol. The minimum absolute atomic E-state index is 0.0577. The van der Waals surface area contributed by atoms with Crippen molar-refractivity contribution in [2.45, 2.75) is 44.2 Å². The molecule has 2 fully saturated rings. The van der Waals surface area contributed by atoms with Crippen LogP contribution in [0.3, 0.4) is 0 Å². The smallest absolute Gasteiger partial charge is 0.257 e. The summed E-state index contributed by atoms with van der Waals surface area (Å²) in [4.78, 5) is 14.2. The van der Waals surface area contributed by atoms with E-state index < -0.39 is 17.5 Å². The van der Waals surface area contributed by atoms with Crippen molar-refractivity contribution < 1.29 is 18.7 Å². The molecule has 3 rings (SSSR count). The lowest BCUT2D eigenvalue weighted by Crippen LogP contribution is -2.42. The second kappa shape index (κ2) is 5.72. The van der Waals surface area contributed by atoms with E-state index in [-0.39, 0.29) is 23.6 Å². The van der Waals surface area contributed by atoms with Crippen molar-refractivity contribution in [1.82, 2.24) is 4.90 Å². The largest absolute Gasteiger partial charge is 0.393 e. The van der Waals surface area contributed by atoms with Gasteiger partial charge in [-0.05, 0) is 43.9 Å². The van der Waals surface area contributed by atoms with Crippen LogP contribution < -0.4 is 0 Å². The Morgan fingerprint density at radius 2 is 2.00 bits per heavy atom. The SMILES string of the molecule is O=C(c1cc(F)ccc1F)N1CCCC1C1CCCC1O. The number of benzene rings is 1. The zero-order valence-electron chi connectivity index (χ0n) is 11.8. The number of aliphatic hydroxyl groups excluding tert-OH is 1. The Labute approximate surface area is 122 Å². The van der Waals surface area contributed by atoms with Gasteiger partial charge in [-0.3, -0.25) is 4.79 Å². The van der Waals surface area contributed by atoms with E-state index in [2.05, 4.69) is 0 Å². The second-order valence-electron chi connectivity index (χ2n) is 5.99. The number of likely N-dealkylation sites (tertiary alicyclic amines) is 1. The molecule has 2 aliphatic rings. The molecule has 0 radical (unpaired) electrons. The van der Waals surface area contributed by atoms with E-state index in [1.54, 1.807) is 4.90 Å². The Morgan fingerprint density at radius 3 is 2.71 bits per heavy atom. The third-order valence-electron chi connectivity index (χ3n) is 4.74. The first-order valence-electron chi connectivity index (χ1n) is 7.52. The van der Waals surface area contributed by atoms with Gasteiger partial charge in [-0.15, -0.1) is 0 Å². The molecule has 3 atom stereocenters. The zero-order chi connectivity index (χ0) is 15.0. The molecule has 0 aromatic heterocycles. The summed E-state index contributed by atoms with van der Waals surface area (Å²) >= 11 is 0. The third-order valence-corrected chi connectivity index (χ3v) is 4.74. The molecule has 1 amide bonds. The molecule has 1 N–H and O–H groups in total. The van der Waals surface area contributed by atoms with Crippen LogP contribution in [0, 0.1) is 17.6 Å². The summed E-state index contributed by atoms with van der Waals surface area (Å²) in [6, 6.07) is 2.89. The van der Waals surface area contributed by atoms with Gasteiger partial charge in [0.15, 0.2) is 0 Å². The first-order chi connectivity index (χ1) is 10.1. The fourth-order valence-electron chi connectivity index (χ4n) is 3.72. The monoisotopic (exact) mass is 295 g/mol. The minimum Gasteiger partial charge on any atom is -0.393 e. The van der Waals surface area contributed by atoms with Gasteiger partial charge in [0.25, 0.3) is 5.91 Å². The van der Waals surface area contributed by atoms with E-state index in [9.17, 15) is 18.7 Å². The molecule has 0 spiro atoms. The highest BCUT2D eigenvalue weighted by atomic mass is 19.1. The highest BCUT2D eigenvalue weighted by molar-refractivity contribution is 5.95. The molecule has 1 aromatic rings. The average Bonchev–Trinajstić information content (AvgIpc) is 3.08. The van der Waals surface area contributed by atoms with Crippen LogP contribution in [-0.2, 0) is 0 Å². The summed E-state index contributed by atoms with van der Waals surface area (Å²) in [5.41, 5.74) is -0.214. The molecule has 1 aliphatic heterocycles. The van der Waals surface area contributed by atoms with Crippen molar-refractivity contribution in [3.05, 3.63) is 35.4 Å². The van der Waals surface area contributed by atoms with Crippen LogP contribution in [0.4, 0.5) is 8.78 Å². The minimum atomic E-state index is -0.695. The summed E-state index contributed by atoms with van der Waals surface area (Å²) in [6.07, 6.45) is 3.89. The summed E-state index contributed by atoms with van der Waals surface area (Å²) < 4.78 is 27.1. The average molecular weight is 295 g/mol. The van der Waals surface area contributed by atoms with Gasteiger partial charge in [-0.1, -0.05) is 6.42 Å². The summed E-state index contributed by atoms with van der Waals surface area (Å²) in [5, 5.41) is 10.0. The van der Waals surface area contributed by atoms with Gasteiger partial charge in [-0.2, -0.15) is 0 Å². The number of amides is 1. The first kappa shape index (κ1) is 14.4. The molecule has 3 nitrogen and oxygen atoms in total. The number of nitrogens with zero attached hydrogens (tertiary/aromatic N) is 1. The van der Waals surface area contributed by atoms with E-state index >= 15 is 0 Å². The molecule has 1 heterocycles. The van der Waals surface area contributed by atoms with Crippen LogP contribution in [-0.4, -0.2) is 34.6 Å². The number of halogens is 2. The van der Waals surface area contributed by atoms with Crippen LogP contribution in [0.2, 0.25) is 0 Å². The molecule has 3 unspecified atom stereocenters. The third kappa shape index (κ3) is 2.67. The fraction of sp³-hybridized carbons (Fsp3) is 0.562. The molecule has 1 saturated carbocycles. The molecular formula is C16H19F2NO2. The number of carbonyl (C=O) groups excluding carboxylic acids is 1. The maximum absolute atomic E-state index is 13.8. The van der Waals surface area contributed by atoms with E-state index in [4.69, 9.17) is 0 Å². The molecule has 114 valence electrons. The normalized spacial score (nSPS) is 29.1. The van der Waals surface area contributed by atoms with Crippen LogP contribution in [0.25, 0.3) is 0 Å². The van der Waals surface area contributed by atoms with Gasteiger partial charge in [0.05, 0.1) is 11.7 Å². The van der Waals surface area contributed by atoms with E-state index in [0.717, 1.165) is 50.3 Å². The standard InChI is InChI=1S/C16H19F2NO2/c17-10-6-7-13(18)12(9-10)16(21)19-8-2-4-14(19)11-3-1-5-15(11)20/h6-7,9,11,14-15,20H,1-5,8H2. The first-order valence-corrected chi connectivity index (χ1v) is 7.52. The van der Waals surface area contributed by atoms with E-state index in [1.165, 1.54) is 0 Å². The Balaban J connectivity index is 1.84. The van der Waals surface area contributed by atoms with Crippen LogP contribution >= 0.6 is 0 Å². The van der Waals surface area contributed by atoms with Gasteiger partial charge in [-0.25, -0.2) is 8.78 Å². The molecule has 1 aromatic carbocycles. The number of rotatable bonds is 2. The second-order valence-corrected chi connectivity index (χ2v) is 5.99. The number of hydrogen-bond acceptors (Lipinski definition) is 2. The summed E-state index contributed by atoms with van der Waals surface area (Å²) in [6.45, 7) is 0.544. The van der Waals surface area contributed by atoms with Crippen LogP contribution in [0.15, 0.2) is 18.2 Å². The fourth-order valence-corrected chi connectivity index (χ4v) is 3.72. The van der Waals surface area contributed by atoms with Gasteiger partial charge in [0.1, 0.15) is 11.6 Å². The van der Waals surface area contributed by atoms with Crippen molar-refractivity contribution in [2.24, 2.45) is 5.92 Å². The summed E-state index contributed by atoms with van der Waals surface area (Å²) in [7, 11) is 0. The molecule has 1 saturated heterocycles. The number of aliphatic hydroxyl groups is 1. The summed E-state index contributed by atoms with van der Waals surface area (Å²) in [5.74, 6) is -1.71. The van der Waals surface area contributed by atoms with Gasteiger partial charge >= 0.3 is 0 Å². The maximum Gasteiger partial charge on any atom is 0.257 e. The van der Waals surface area contributed by atoms with Crippen LogP contribution in [0.5, 0.6) is 0 Å². The van der Waals surface area contributed by atoms with Gasteiger partial charge < -0.3 is 10.0 Å². The van der Waals surface area contributed by atoms with Crippen molar-refractivity contribution in [1.29, 1.82) is 0 Å². The highest BCUT2D eigenvalue weighted by Crippen LogP contribution is 2.36. The lowest BCUT2D eigenvalue weighted by Gasteiger charge is -2.31. The Bertz CT molecular complexity index is 549. The quantitative estimate of drug-likeness (QED) is 0.911. The predicted molar refractivity (Wildman–Crippen MR) is 73.8 cm³/mol. The lowest BCUT2D eigenvalue weighted by molar-refractivity contribution is 0.0524.